The number of anilines is 2. The van der Waals surface area contributed by atoms with Gasteiger partial charge in [-0.2, -0.15) is 0 Å². The second-order valence-corrected chi connectivity index (χ2v) is 5.86. The molecule has 5 nitrogen and oxygen atoms in total. The summed E-state index contributed by atoms with van der Waals surface area (Å²) in [5, 5.41) is 6.05. The zero-order valence-electron chi connectivity index (χ0n) is 14.4. The predicted molar refractivity (Wildman–Crippen MR) is 102 cm³/mol. The minimum Gasteiger partial charge on any atom is -0.381 e. The molecule has 0 atom stereocenters. The number of carbonyl (C=O) groups excluding carboxylic acids is 2. The Labute approximate surface area is 152 Å². The number of amides is 1. The normalized spacial score (nSPS) is 10.2. The molecule has 3 rings (SSSR count). The molecule has 3 aromatic rings. The van der Waals surface area contributed by atoms with Crippen molar-refractivity contribution in [2.75, 3.05) is 10.6 Å². The van der Waals surface area contributed by atoms with Crippen LogP contribution in [0.25, 0.3) is 0 Å². The molecule has 1 heterocycles. The standard InChI is InChI=1S/C21H19N3O2/c1-15(25)17-8-5-9-19(12-17)24-21(26)20-13-18(10-11-22-20)23-14-16-6-3-2-4-7-16/h2-13H,14H2,1H3,(H,22,23)(H,24,26). The van der Waals surface area contributed by atoms with E-state index in [1.54, 1.807) is 36.5 Å². The molecule has 0 radical (unpaired) electrons. The summed E-state index contributed by atoms with van der Waals surface area (Å²) in [5.41, 5.74) is 3.38. The summed E-state index contributed by atoms with van der Waals surface area (Å²) in [4.78, 5) is 28.0. The lowest BCUT2D eigenvalue weighted by Crippen LogP contribution is -2.14. The van der Waals surface area contributed by atoms with Crippen LogP contribution in [0.1, 0.15) is 33.3 Å². The number of nitrogens with one attached hydrogen (secondary N) is 2. The molecule has 2 aromatic carbocycles. The highest BCUT2D eigenvalue weighted by atomic mass is 16.2. The fourth-order valence-corrected chi connectivity index (χ4v) is 2.48. The molecule has 0 saturated heterocycles. The molecule has 1 amide bonds. The minimum atomic E-state index is -0.325. The fraction of sp³-hybridized carbons (Fsp3) is 0.0952. The van der Waals surface area contributed by atoms with Gasteiger partial charge in [0.15, 0.2) is 5.78 Å². The summed E-state index contributed by atoms with van der Waals surface area (Å²) in [5.74, 6) is -0.375. The molecule has 1 aromatic heterocycles. The third kappa shape index (κ3) is 4.54. The molecule has 0 saturated carbocycles. The summed E-state index contributed by atoms with van der Waals surface area (Å²) in [6, 6.07) is 20.4. The van der Waals surface area contributed by atoms with Crippen LogP contribution in [0.5, 0.6) is 0 Å². The monoisotopic (exact) mass is 345 g/mol. The van der Waals surface area contributed by atoms with Crippen molar-refractivity contribution in [3.63, 3.8) is 0 Å². The summed E-state index contributed by atoms with van der Waals surface area (Å²) in [6.45, 7) is 2.15. The average molecular weight is 345 g/mol. The number of pyridine rings is 1. The minimum absolute atomic E-state index is 0.0497. The van der Waals surface area contributed by atoms with Crippen molar-refractivity contribution in [2.24, 2.45) is 0 Å². The van der Waals surface area contributed by atoms with Crippen molar-refractivity contribution >= 4 is 23.1 Å². The van der Waals surface area contributed by atoms with Crippen molar-refractivity contribution < 1.29 is 9.59 Å². The smallest absolute Gasteiger partial charge is 0.274 e. The van der Waals surface area contributed by atoms with Crippen molar-refractivity contribution in [3.8, 4) is 0 Å². The summed E-state index contributed by atoms with van der Waals surface area (Å²) < 4.78 is 0. The third-order valence-corrected chi connectivity index (χ3v) is 3.86. The lowest BCUT2D eigenvalue weighted by atomic mass is 10.1. The quantitative estimate of drug-likeness (QED) is 0.659. The van der Waals surface area contributed by atoms with Crippen LogP contribution in [0.2, 0.25) is 0 Å². The van der Waals surface area contributed by atoms with Crippen LogP contribution < -0.4 is 10.6 Å². The number of carbonyl (C=O) groups is 2. The van der Waals surface area contributed by atoms with Gasteiger partial charge >= 0.3 is 0 Å². The third-order valence-electron chi connectivity index (χ3n) is 3.86. The van der Waals surface area contributed by atoms with Crippen LogP contribution in [0.15, 0.2) is 72.9 Å². The summed E-state index contributed by atoms with van der Waals surface area (Å²) in [6.07, 6.45) is 1.59. The van der Waals surface area contributed by atoms with Crippen molar-refractivity contribution in [1.82, 2.24) is 4.98 Å². The van der Waals surface area contributed by atoms with Gasteiger partial charge in [0.05, 0.1) is 0 Å². The van der Waals surface area contributed by atoms with Gasteiger partial charge in [-0.3, -0.25) is 14.6 Å². The molecule has 26 heavy (non-hydrogen) atoms. The number of hydrogen-bond acceptors (Lipinski definition) is 4. The van der Waals surface area contributed by atoms with Crippen molar-refractivity contribution in [2.45, 2.75) is 13.5 Å². The SMILES string of the molecule is CC(=O)c1cccc(NC(=O)c2cc(NCc3ccccc3)ccn2)c1. The van der Waals surface area contributed by atoms with Crippen LogP contribution in [-0.2, 0) is 6.54 Å². The number of aromatic nitrogens is 1. The van der Waals surface area contributed by atoms with Crippen LogP contribution >= 0.6 is 0 Å². The van der Waals surface area contributed by atoms with Gasteiger partial charge in [-0.25, -0.2) is 0 Å². The molecule has 130 valence electrons. The maximum absolute atomic E-state index is 12.4. The van der Waals surface area contributed by atoms with Gasteiger partial charge in [-0.1, -0.05) is 42.5 Å². The first-order valence-corrected chi connectivity index (χ1v) is 8.28. The van der Waals surface area contributed by atoms with E-state index in [0.29, 0.717) is 23.5 Å². The van der Waals surface area contributed by atoms with E-state index in [2.05, 4.69) is 15.6 Å². The van der Waals surface area contributed by atoms with Gasteiger partial charge in [0.1, 0.15) is 5.69 Å². The highest BCUT2D eigenvalue weighted by molar-refractivity contribution is 6.04. The molecule has 0 aliphatic heterocycles. The van der Waals surface area contributed by atoms with Crippen molar-refractivity contribution in [3.05, 3.63) is 89.7 Å². The van der Waals surface area contributed by atoms with Crippen LogP contribution in [0.3, 0.4) is 0 Å². The number of nitrogens with zero attached hydrogens (tertiary/aromatic N) is 1. The number of Topliss-reactive ketones (excluding diaryl/α,β-unsaturated/α-hetero) is 1. The Morgan fingerprint density at radius 2 is 1.73 bits per heavy atom. The van der Waals surface area contributed by atoms with Crippen molar-refractivity contribution in [1.29, 1.82) is 0 Å². The topological polar surface area (TPSA) is 71.1 Å². The molecule has 0 fully saturated rings. The van der Waals surface area contributed by atoms with Gasteiger partial charge < -0.3 is 10.6 Å². The maximum Gasteiger partial charge on any atom is 0.274 e. The van der Waals surface area contributed by atoms with Gasteiger partial charge in [-0.15, -0.1) is 0 Å². The van der Waals surface area contributed by atoms with E-state index in [9.17, 15) is 9.59 Å². The van der Waals surface area contributed by atoms with Gasteiger partial charge in [0.2, 0.25) is 0 Å². The van der Waals surface area contributed by atoms with Crippen LogP contribution in [0.4, 0.5) is 11.4 Å². The first-order chi connectivity index (χ1) is 12.6. The zero-order chi connectivity index (χ0) is 18.4. The lowest BCUT2D eigenvalue weighted by molar-refractivity contribution is 0.100. The lowest BCUT2D eigenvalue weighted by Gasteiger charge is -2.09. The molecule has 0 unspecified atom stereocenters. The Kier molecular flexibility index (Phi) is 5.39. The molecule has 0 bridgehead atoms. The van der Waals surface area contributed by atoms with E-state index in [0.717, 1.165) is 11.3 Å². The summed E-state index contributed by atoms with van der Waals surface area (Å²) in [7, 11) is 0. The Morgan fingerprint density at radius 3 is 2.50 bits per heavy atom. The molecule has 5 heteroatoms. The number of benzene rings is 2. The highest BCUT2D eigenvalue weighted by Crippen LogP contribution is 2.14. The van der Waals surface area contributed by atoms with Crippen LogP contribution in [0, 0.1) is 0 Å². The molecule has 0 spiro atoms. The largest absolute Gasteiger partial charge is 0.381 e. The molecular formula is C21H19N3O2. The van der Waals surface area contributed by atoms with E-state index < -0.39 is 0 Å². The second kappa shape index (κ2) is 8.07. The van der Waals surface area contributed by atoms with E-state index in [4.69, 9.17) is 0 Å². The van der Waals surface area contributed by atoms with Gasteiger partial charge in [-0.05, 0) is 36.8 Å². The number of rotatable bonds is 6. The second-order valence-electron chi connectivity index (χ2n) is 5.86. The first kappa shape index (κ1) is 17.4. The Hall–Kier alpha value is -3.47. The Morgan fingerprint density at radius 1 is 0.923 bits per heavy atom. The predicted octanol–water partition coefficient (Wildman–Crippen LogP) is 4.15. The number of hydrogen-bond donors (Lipinski definition) is 2. The first-order valence-electron chi connectivity index (χ1n) is 8.28. The van der Waals surface area contributed by atoms with Gasteiger partial charge in [0.25, 0.3) is 5.91 Å². The van der Waals surface area contributed by atoms with Gasteiger partial charge in [0, 0.05) is 29.7 Å². The average Bonchev–Trinajstić information content (AvgIpc) is 2.67. The zero-order valence-corrected chi connectivity index (χ0v) is 14.4. The molecule has 0 aliphatic rings. The molecule has 0 aliphatic carbocycles. The maximum atomic E-state index is 12.4. The Balaban J connectivity index is 1.68. The van der Waals surface area contributed by atoms with Crippen LogP contribution in [-0.4, -0.2) is 16.7 Å². The van der Waals surface area contributed by atoms with E-state index >= 15 is 0 Å². The van der Waals surface area contributed by atoms with E-state index in [1.807, 2.05) is 36.4 Å². The highest BCUT2D eigenvalue weighted by Gasteiger charge is 2.09. The van der Waals surface area contributed by atoms with E-state index in [1.165, 1.54) is 6.92 Å². The van der Waals surface area contributed by atoms with E-state index in [-0.39, 0.29) is 11.7 Å². The summed E-state index contributed by atoms with van der Waals surface area (Å²) >= 11 is 0. The molecular weight excluding hydrogens is 326 g/mol. The fourth-order valence-electron chi connectivity index (χ4n) is 2.48. The Bertz CT molecular complexity index is 923. The molecule has 2 N–H and O–H groups in total. The number of ketones is 1.